The standard InChI is InChI=1S/C23H22F3N5O3.ClH/c1-34-23(33)14-4-2-3-13(7-14)22-20-12-30(5-6-31(20)29-28-22)21(32)10-16(27)8-15-9-18(25)19(26)11-17(15)24;/h2-4,7,9,11,16H,5-6,8,10,12,27H2,1H3;1H/t16-;/m1./s1. The summed E-state index contributed by atoms with van der Waals surface area (Å²) in [6.45, 7) is 1.01. The molecule has 0 aliphatic carbocycles. The van der Waals surface area contributed by atoms with E-state index in [1.807, 2.05) is 0 Å². The molecule has 1 aromatic heterocycles. The number of halogens is 4. The number of fused-ring (bicyclic) bond motifs is 1. The number of hydrogen-bond acceptors (Lipinski definition) is 6. The molecule has 2 N–H and O–H groups in total. The lowest BCUT2D eigenvalue weighted by Crippen LogP contribution is -2.41. The molecule has 0 saturated heterocycles. The van der Waals surface area contributed by atoms with Gasteiger partial charge in [0.1, 0.15) is 11.5 Å². The number of esters is 1. The molecule has 0 fully saturated rings. The van der Waals surface area contributed by atoms with Gasteiger partial charge >= 0.3 is 5.97 Å². The van der Waals surface area contributed by atoms with Gasteiger partial charge in [-0.2, -0.15) is 0 Å². The van der Waals surface area contributed by atoms with E-state index in [-0.39, 0.29) is 43.3 Å². The number of benzene rings is 2. The molecule has 12 heteroatoms. The summed E-state index contributed by atoms with van der Waals surface area (Å²) in [5, 5.41) is 8.36. The number of methoxy groups -OCH3 is 1. The normalized spacial score (nSPS) is 13.6. The maximum Gasteiger partial charge on any atom is 0.337 e. The van der Waals surface area contributed by atoms with Crippen molar-refractivity contribution in [3.63, 3.8) is 0 Å². The Morgan fingerprint density at radius 3 is 2.60 bits per heavy atom. The van der Waals surface area contributed by atoms with Crippen molar-refractivity contribution in [2.75, 3.05) is 13.7 Å². The smallest absolute Gasteiger partial charge is 0.337 e. The van der Waals surface area contributed by atoms with Crippen molar-refractivity contribution in [1.29, 1.82) is 0 Å². The van der Waals surface area contributed by atoms with E-state index in [9.17, 15) is 22.8 Å². The topological polar surface area (TPSA) is 103 Å². The molecule has 1 aliphatic rings. The minimum absolute atomic E-state index is 0. The summed E-state index contributed by atoms with van der Waals surface area (Å²) in [6, 6.07) is 7.19. The molecule has 35 heavy (non-hydrogen) atoms. The van der Waals surface area contributed by atoms with Gasteiger partial charge in [0.15, 0.2) is 11.6 Å². The number of nitrogens with two attached hydrogens (primary N) is 1. The maximum absolute atomic E-state index is 13.9. The molecular formula is C23H23ClF3N5O3. The molecule has 8 nitrogen and oxygen atoms in total. The molecule has 4 rings (SSSR count). The highest BCUT2D eigenvalue weighted by molar-refractivity contribution is 5.90. The fourth-order valence-corrected chi connectivity index (χ4v) is 3.92. The van der Waals surface area contributed by atoms with Crippen LogP contribution < -0.4 is 5.73 Å². The first-order valence-electron chi connectivity index (χ1n) is 10.5. The fraction of sp³-hybridized carbons (Fsp3) is 0.304. The SMILES string of the molecule is COC(=O)c1cccc(-c2nnn3c2CN(C(=O)C[C@H](N)Cc2cc(F)c(F)cc2F)CC3)c1.Cl. The van der Waals surface area contributed by atoms with E-state index in [1.165, 1.54) is 7.11 Å². The van der Waals surface area contributed by atoms with Gasteiger partial charge in [0.05, 0.1) is 31.5 Å². The molecular weight excluding hydrogens is 487 g/mol. The Kier molecular flexibility index (Phi) is 8.13. The lowest BCUT2D eigenvalue weighted by molar-refractivity contribution is -0.133. The fourth-order valence-electron chi connectivity index (χ4n) is 3.92. The van der Waals surface area contributed by atoms with Crippen molar-refractivity contribution >= 4 is 24.3 Å². The molecule has 1 aliphatic heterocycles. The molecule has 0 unspecified atom stereocenters. The van der Waals surface area contributed by atoms with Gasteiger partial charge in [-0.25, -0.2) is 22.6 Å². The third kappa shape index (κ3) is 5.63. The predicted molar refractivity (Wildman–Crippen MR) is 122 cm³/mol. The van der Waals surface area contributed by atoms with Gasteiger partial charge in [-0.1, -0.05) is 17.3 Å². The highest BCUT2D eigenvalue weighted by atomic mass is 35.5. The summed E-state index contributed by atoms with van der Waals surface area (Å²) in [7, 11) is 1.30. The third-order valence-electron chi connectivity index (χ3n) is 5.68. The lowest BCUT2D eigenvalue weighted by atomic mass is 10.0. The molecule has 1 amide bonds. The van der Waals surface area contributed by atoms with E-state index in [4.69, 9.17) is 10.5 Å². The van der Waals surface area contributed by atoms with Gasteiger partial charge < -0.3 is 15.4 Å². The number of hydrogen-bond donors (Lipinski definition) is 1. The van der Waals surface area contributed by atoms with Gasteiger partial charge in [-0.05, 0) is 30.2 Å². The van der Waals surface area contributed by atoms with Crippen LogP contribution in [0.15, 0.2) is 36.4 Å². The Balaban J connectivity index is 0.00000342. The molecule has 0 spiro atoms. The van der Waals surface area contributed by atoms with Crippen LogP contribution in [0.3, 0.4) is 0 Å². The molecule has 0 saturated carbocycles. The summed E-state index contributed by atoms with van der Waals surface area (Å²) in [5.74, 6) is -4.11. The van der Waals surface area contributed by atoms with Crippen molar-refractivity contribution in [2.24, 2.45) is 5.73 Å². The molecule has 3 aromatic rings. The second-order valence-corrected chi connectivity index (χ2v) is 8.02. The zero-order valence-electron chi connectivity index (χ0n) is 18.7. The molecule has 0 radical (unpaired) electrons. The molecule has 2 heterocycles. The second kappa shape index (κ2) is 10.9. The van der Waals surface area contributed by atoms with Gasteiger partial charge in [0.2, 0.25) is 5.91 Å². The minimum atomic E-state index is -1.28. The Hall–Kier alpha value is -3.44. The van der Waals surface area contributed by atoms with Crippen molar-refractivity contribution in [3.05, 3.63) is 70.7 Å². The van der Waals surface area contributed by atoms with E-state index >= 15 is 0 Å². The molecule has 0 bridgehead atoms. The van der Waals surface area contributed by atoms with Crippen LogP contribution in [0.4, 0.5) is 13.2 Å². The van der Waals surface area contributed by atoms with Crippen LogP contribution in [0.25, 0.3) is 11.3 Å². The van der Waals surface area contributed by atoms with Crippen molar-refractivity contribution in [1.82, 2.24) is 19.9 Å². The Bertz CT molecular complexity index is 1250. The zero-order valence-corrected chi connectivity index (χ0v) is 19.5. The number of carbonyl (C=O) groups is 2. The van der Waals surface area contributed by atoms with E-state index in [2.05, 4.69) is 10.3 Å². The van der Waals surface area contributed by atoms with E-state index in [1.54, 1.807) is 33.8 Å². The largest absolute Gasteiger partial charge is 0.465 e. The zero-order chi connectivity index (χ0) is 24.4. The molecule has 1 atom stereocenters. The van der Waals surface area contributed by atoms with Crippen LogP contribution in [0, 0.1) is 17.5 Å². The maximum atomic E-state index is 13.9. The van der Waals surface area contributed by atoms with Gasteiger partial charge in [-0.15, -0.1) is 17.5 Å². The number of aromatic nitrogens is 3. The molecule has 2 aromatic carbocycles. The monoisotopic (exact) mass is 509 g/mol. The highest BCUT2D eigenvalue weighted by Gasteiger charge is 2.27. The minimum Gasteiger partial charge on any atom is -0.465 e. The van der Waals surface area contributed by atoms with E-state index in [0.29, 0.717) is 41.7 Å². The number of nitrogens with zero attached hydrogens (tertiary/aromatic N) is 4. The van der Waals surface area contributed by atoms with E-state index in [0.717, 1.165) is 6.07 Å². The lowest BCUT2D eigenvalue weighted by Gasteiger charge is -2.28. The number of ether oxygens (including phenoxy) is 1. The number of carbonyl (C=O) groups excluding carboxylic acids is 2. The summed E-state index contributed by atoms with van der Waals surface area (Å²) < 4.78 is 47.0. The Morgan fingerprint density at radius 1 is 1.11 bits per heavy atom. The van der Waals surface area contributed by atoms with Crippen molar-refractivity contribution in [2.45, 2.75) is 32.0 Å². The first-order valence-corrected chi connectivity index (χ1v) is 10.5. The average Bonchev–Trinajstić information content (AvgIpc) is 3.25. The summed E-state index contributed by atoms with van der Waals surface area (Å²) in [5.41, 5.74) is 8.18. The Morgan fingerprint density at radius 2 is 1.86 bits per heavy atom. The number of amides is 1. The third-order valence-corrected chi connectivity index (χ3v) is 5.68. The van der Waals surface area contributed by atoms with Gasteiger partial charge in [-0.3, -0.25) is 4.79 Å². The average molecular weight is 510 g/mol. The summed E-state index contributed by atoms with van der Waals surface area (Å²) in [6.07, 6.45) is -0.221. The van der Waals surface area contributed by atoms with E-state index < -0.39 is 29.5 Å². The van der Waals surface area contributed by atoms with Crippen LogP contribution in [-0.2, 0) is 29.0 Å². The van der Waals surface area contributed by atoms with Crippen molar-refractivity contribution in [3.8, 4) is 11.3 Å². The van der Waals surface area contributed by atoms with Crippen LogP contribution in [0.5, 0.6) is 0 Å². The first kappa shape index (κ1) is 26.2. The molecule has 186 valence electrons. The van der Waals surface area contributed by atoms with Crippen LogP contribution in [0.1, 0.15) is 28.0 Å². The van der Waals surface area contributed by atoms with Crippen LogP contribution >= 0.6 is 12.4 Å². The van der Waals surface area contributed by atoms with Gasteiger partial charge in [0, 0.05) is 30.6 Å². The highest BCUT2D eigenvalue weighted by Crippen LogP contribution is 2.26. The second-order valence-electron chi connectivity index (χ2n) is 8.02. The predicted octanol–water partition coefficient (Wildman–Crippen LogP) is 2.87. The van der Waals surface area contributed by atoms with Crippen LogP contribution in [-0.4, -0.2) is 51.5 Å². The van der Waals surface area contributed by atoms with Gasteiger partial charge in [0.25, 0.3) is 0 Å². The summed E-state index contributed by atoms with van der Waals surface area (Å²) >= 11 is 0. The Labute approximate surface area is 205 Å². The van der Waals surface area contributed by atoms with Crippen molar-refractivity contribution < 1.29 is 27.5 Å². The quantitative estimate of drug-likeness (QED) is 0.405. The summed E-state index contributed by atoms with van der Waals surface area (Å²) in [4.78, 5) is 26.3. The first-order chi connectivity index (χ1) is 16.3. The number of rotatable bonds is 6. The van der Waals surface area contributed by atoms with Crippen LogP contribution in [0.2, 0.25) is 0 Å².